The second kappa shape index (κ2) is 5.76. The van der Waals surface area contributed by atoms with Crippen LogP contribution in [0.25, 0.3) is 0 Å². The third kappa shape index (κ3) is 5.14. The number of hydrogen-bond acceptors (Lipinski definition) is 5. The number of hydrogen-bond donors (Lipinski definition) is 1. The molecule has 0 saturated carbocycles. The second-order valence-electron chi connectivity index (χ2n) is 5.47. The fourth-order valence-electron chi connectivity index (χ4n) is 1.79. The molecule has 0 aromatic heterocycles. The van der Waals surface area contributed by atoms with Gasteiger partial charge in [-0.05, 0) is 19.1 Å². The summed E-state index contributed by atoms with van der Waals surface area (Å²) >= 11 is 0. The SMILES string of the molecule is Cc1cc(OCC(C)(C)CS(N)(=O)=O)ccc1[N+](=O)[O-]. The van der Waals surface area contributed by atoms with E-state index in [0.717, 1.165) is 0 Å². The summed E-state index contributed by atoms with van der Waals surface area (Å²) in [5.74, 6) is 0.252. The van der Waals surface area contributed by atoms with Crippen LogP contribution in [0, 0.1) is 22.5 Å². The van der Waals surface area contributed by atoms with E-state index in [9.17, 15) is 18.5 Å². The molecule has 2 N–H and O–H groups in total. The molecule has 0 bridgehead atoms. The fraction of sp³-hybridized carbons (Fsp3) is 0.500. The van der Waals surface area contributed by atoms with E-state index in [0.29, 0.717) is 11.3 Å². The summed E-state index contributed by atoms with van der Waals surface area (Å²) in [6.45, 7) is 5.19. The zero-order chi connectivity index (χ0) is 15.6. The number of nitrogens with zero attached hydrogens (tertiary/aromatic N) is 1. The van der Waals surface area contributed by atoms with Crippen LogP contribution in [0.5, 0.6) is 5.75 Å². The quantitative estimate of drug-likeness (QED) is 0.633. The fourth-order valence-corrected chi connectivity index (χ4v) is 2.96. The maximum Gasteiger partial charge on any atom is 0.272 e. The molecule has 0 fully saturated rings. The number of ether oxygens (including phenoxy) is 1. The van der Waals surface area contributed by atoms with Gasteiger partial charge in [-0.25, -0.2) is 13.6 Å². The smallest absolute Gasteiger partial charge is 0.272 e. The van der Waals surface area contributed by atoms with E-state index in [1.807, 2.05) is 0 Å². The molecule has 0 unspecified atom stereocenters. The average Bonchev–Trinajstić information content (AvgIpc) is 2.22. The summed E-state index contributed by atoms with van der Waals surface area (Å²) in [6, 6.07) is 4.39. The minimum atomic E-state index is -3.58. The molecule has 8 heteroatoms. The Bertz CT molecular complexity index is 610. The predicted octanol–water partition coefficient (Wildman–Crippen LogP) is 1.60. The van der Waals surface area contributed by atoms with Crippen molar-refractivity contribution >= 4 is 15.7 Å². The Morgan fingerprint density at radius 2 is 2.00 bits per heavy atom. The first-order valence-electron chi connectivity index (χ1n) is 5.88. The number of nitro benzene ring substituents is 1. The molecule has 0 aliphatic carbocycles. The van der Waals surface area contributed by atoms with Crippen molar-refractivity contribution in [3.05, 3.63) is 33.9 Å². The van der Waals surface area contributed by atoms with E-state index < -0.39 is 20.4 Å². The molecule has 0 aliphatic heterocycles. The zero-order valence-electron chi connectivity index (χ0n) is 11.6. The highest BCUT2D eigenvalue weighted by Gasteiger charge is 2.25. The monoisotopic (exact) mass is 302 g/mol. The molecule has 1 rings (SSSR count). The van der Waals surface area contributed by atoms with Gasteiger partial charge in [-0.1, -0.05) is 13.8 Å². The number of primary sulfonamides is 1. The first-order chi connectivity index (χ1) is 9.00. The van der Waals surface area contributed by atoms with Gasteiger partial charge in [0, 0.05) is 17.0 Å². The molecule has 0 atom stereocenters. The molecule has 1 aromatic rings. The Morgan fingerprint density at radius 3 is 2.45 bits per heavy atom. The van der Waals surface area contributed by atoms with Crippen molar-refractivity contribution in [3.8, 4) is 5.75 Å². The van der Waals surface area contributed by atoms with E-state index >= 15 is 0 Å². The van der Waals surface area contributed by atoms with Crippen molar-refractivity contribution in [1.29, 1.82) is 0 Å². The summed E-state index contributed by atoms with van der Waals surface area (Å²) in [5, 5.41) is 15.7. The molecule has 0 heterocycles. The van der Waals surface area contributed by atoms with Crippen LogP contribution in [0.15, 0.2) is 18.2 Å². The first-order valence-corrected chi connectivity index (χ1v) is 7.60. The van der Waals surface area contributed by atoms with Gasteiger partial charge in [-0.15, -0.1) is 0 Å². The average molecular weight is 302 g/mol. The van der Waals surface area contributed by atoms with Crippen LogP contribution in [0.1, 0.15) is 19.4 Å². The largest absolute Gasteiger partial charge is 0.493 e. The first kappa shape index (κ1) is 16.4. The Balaban J connectivity index is 2.76. The summed E-state index contributed by atoms with van der Waals surface area (Å²) < 4.78 is 27.6. The molecular formula is C12H18N2O5S. The third-order valence-electron chi connectivity index (χ3n) is 2.59. The molecule has 0 amide bonds. The predicted molar refractivity (Wildman–Crippen MR) is 75.1 cm³/mol. The van der Waals surface area contributed by atoms with Crippen LogP contribution in [-0.2, 0) is 10.0 Å². The van der Waals surface area contributed by atoms with E-state index in [4.69, 9.17) is 9.88 Å². The molecule has 20 heavy (non-hydrogen) atoms. The molecule has 0 aliphatic rings. The highest BCUT2D eigenvalue weighted by atomic mass is 32.2. The summed E-state index contributed by atoms with van der Waals surface area (Å²) in [5.41, 5.74) is -0.151. The zero-order valence-corrected chi connectivity index (χ0v) is 12.4. The molecular weight excluding hydrogens is 284 g/mol. The summed E-state index contributed by atoms with van der Waals surface area (Å²) in [7, 11) is -3.58. The van der Waals surface area contributed by atoms with Gasteiger partial charge in [0.2, 0.25) is 10.0 Å². The number of rotatable bonds is 6. The van der Waals surface area contributed by atoms with Crippen LogP contribution in [0.4, 0.5) is 5.69 Å². The van der Waals surface area contributed by atoms with Crippen molar-refractivity contribution in [2.45, 2.75) is 20.8 Å². The molecule has 112 valence electrons. The molecule has 0 radical (unpaired) electrons. The maximum atomic E-state index is 11.1. The molecule has 0 saturated heterocycles. The minimum absolute atomic E-state index is 0.0150. The van der Waals surface area contributed by atoms with E-state index in [2.05, 4.69) is 0 Å². The number of sulfonamides is 1. The van der Waals surface area contributed by atoms with Crippen molar-refractivity contribution < 1.29 is 18.1 Å². The van der Waals surface area contributed by atoms with Crippen molar-refractivity contribution in [1.82, 2.24) is 0 Å². The van der Waals surface area contributed by atoms with E-state index in [1.54, 1.807) is 26.8 Å². The van der Waals surface area contributed by atoms with Crippen LogP contribution in [-0.4, -0.2) is 25.7 Å². The van der Waals surface area contributed by atoms with Gasteiger partial charge in [0.05, 0.1) is 17.3 Å². The van der Waals surface area contributed by atoms with Gasteiger partial charge in [-0.3, -0.25) is 10.1 Å². The Hall–Kier alpha value is -1.67. The molecule has 0 spiro atoms. The van der Waals surface area contributed by atoms with Gasteiger partial charge in [-0.2, -0.15) is 0 Å². The van der Waals surface area contributed by atoms with Crippen LogP contribution >= 0.6 is 0 Å². The number of nitro groups is 1. The topological polar surface area (TPSA) is 113 Å². The highest BCUT2D eigenvalue weighted by molar-refractivity contribution is 7.89. The van der Waals surface area contributed by atoms with E-state index in [1.165, 1.54) is 12.1 Å². The maximum absolute atomic E-state index is 11.1. The summed E-state index contributed by atoms with van der Waals surface area (Å²) in [6.07, 6.45) is 0. The highest BCUT2D eigenvalue weighted by Crippen LogP contribution is 2.25. The summed E-state index contributed by atoms with van der Waals surface area (Å²) in [4.78, 5) is 10.2. The van der Waals surface area contributed by atoms with Crippen LogP contribution < -0.4 is 9.88 Å². The lowest BCUT2D eigenvalue weighted by molar-refractivity contribution is -0.385. The lowest BCUT2D eigenvalue weighted by Gasteiger charge is -2.23. The van der Waals surface area contributed by atoms with Crippen molar-refractivity contribution in [3.63, 3.8) is 0 Å². The van der Waals surface area contributed by atoms with Gasteiger partial charge in [0.15, 0.2) is 0 Å². The lowest BCUT2D eigenvalue weighted by atomic mass is 9.98. The normalized spacial score (nSPS) is 12.2. The molecule has 7 nitrogen and oxygen atoms in total. The van der Waals surface area contributed by atoms with Gasteiger partial charge < -0.3 is 4.74 Å². The number of benzene rings is 1. The Kier molecular flexibility index (Phi) is 4.72. The minimum Gasteiger partial charge on any atom is -0.493 e. The van der Waals surface area contributed by atoms with Gasteiger partial charge in [0.25, 0.3) is 5.69 Å². The van der Waals surface area contributed by atoms with Crippen molar-refractivity contribution in [2.75, 3.05) is 12.4 Å². The van der Waals surface area contributed by atoms with Crippen LogP contribution in [0.3, 0.4) is 0 Å². The second-order valence-corrected chi connectivity index (χ2v) is 7.08. The van der Waals surface area contributed by atoms with Gasteiger partial charge >= 0.3 is 0 Å². The van der Waals surface area contributed by atoms with Crippen LogP contribution in [0.2, 0.25) is 0 Å². The number of nitrogens with two attached hydrogens (primary N) is 1. The lowest BCUT2D eigenvalue weighted by Crippen LogP contribution is -2.33. The molecule has 1 aromatic carbocycles. The third-order valence-corrected chi connectivity index (χ3v) is 3.77. The van der Waals surface area contributed by atoms with Crippen molar-refractivity contribution in [2.24, 2.45) is 10.6 Å². The Labute approximate surface area is 117 Å². The van der Waals surface area contributed by atoms with Gasteiger partial charge in [0.1, 0.15) is 5.75 Å². The number of aryl methyl sites for hydroxylation is 1. The standard InChI is InChI=1S/C12H18N2O5S/c1-9-6-10(4-5-11(9)14(15)16)19-7-12(2,3)8-20(13,17)18/h4-6H,7-8H2,1-3H3,(H2,13,17,18). The van der Waals surface area contributed by atoms with E-state index in [-0.39, 0.29) is 18.0 Å². The Morgan fingerprint density at radius 1 is 1.40 bits per heavy atom.